The molecule has 60 valence electrons. The Bertz CT molecular complexity index is 222. The summed E-state index contributed by atoms with van der Waals surface area (Å²) in [6.07, 6.45) is 3.62. The fourth-order valence-corrected chi connectivity index (χ4v) is 0.868. The number of nitrogens with two attached hydrogens (primary N) is 1. The van der Waals surface area contributed by atoms with Gasteiger partial charge in [0, 0.05) is 25.5 Å². The average Bonchev–Trinajstić information content (AvgIpc) is 2.01. The van der Waals surface area contributed by atoms with Crippen molar-refractivity contribution in [3.8, 4) is 0 Å². The Kier molecular flexibility index (Phi) is 2.86. The summed E-state index contributed by atoms with van der Waals surface area (Å²) in [4.78, 5) is 4.03. The third-order valence-electron chi connectivity index (χ3n) is 1.35. The van der Waals surface area contributed by atoms with E-state index in [4.69, 9.17) is 5.73 Å². The van der Waals surface area contributed by atoms with E-state index in [0.29, 0.717) is 6.54 Å². The number of pyridine rings is 1. The van der Waals surface area contributed by atoms with Crippen LogP contribution < -0.4 is 11.1 Å². The number of aryl methyl sites for hydroxylation is 1. The lowest BCUT2D eigenvalue weighted by Gasteiger charge is -2.03. The van der Waals surface area contributed by atoms with Crippen LogP contribution in [0.3, 0.4) is 0 Å². The number of anilines is 1. The Morgan fingerprint density at radius 3 is 3.00 bits per heavy atom. The van der Waals surface area contributed by atoms with Crippen LogP contribution in [0.1, 0.15) is 5.56 Å². The summed E-state index contributed by atoms with van der Waals surface area (Å²) < 4.78 is 0. The highest BCUT2D eigenvalue weighted by molar-refractivity contribution is 5.42. The summed E-state index contributed by atoms with van der Waals surface area (Å²) in [7, 11) is 0. The Morgan fingerprint density at radius 1 is 1.55 bits per heavy atom. The first-order valence-electron chi connectivity index (χ1n) is 3.68. The zero-order chi connectivity index (χ0) is 8.10. The molecule has 3 N–H and O–H groups in total. The van der Waals surface area contributed by atoms with Crippen molar-refractivity contribution in [1.82, 2.24) is 4.98 Å². The molecule has 0 atom stereocenters. The van der Waals surface area contributed by atoms with Gasteiger partial charge < -0.3 is 11.1 Å². The van der Waals surface area contributed by atoms with Crippen molar-refractivity contribution in [3.05, 3.63) is 24.0 Å². The van der Waals surface area contributed by atoms with E-state index in [2.05, 4.69) is 10.3 Å². The summed E-state index contributed by atoms with van der Waals surface area (Å²) in [6.45, 7) is 3.46. The van der Waals surface area contributed by atoms with Crippen molar-refractivity contribution in [3.63, 3.8) is 0 Å². The molecule has 0 aliphatic rings. The number of aromatic nitrogens is 1. The Hall–Kier alpha value is -1.09. The predicted molar refractivity (Wildman–Crippen MR) is 46.5 cm³/mol. The van der Waals surface area contributed by atoms with E-state index in [1.165, 1.54) is 0 Å². The molecule has 0 saturated carbocycles. The Labute approximate surface area is 66.6 Å². The van der Waals surface area contributed by atoms with Crippen molar-refractivity contribution in [2.45, 2.75) is 6.92 Å². The van der Waals surface area contributed by atoms with Crippen molar-refractivity contribution in [2.75, 3.05) is 18.4 Å². The molecule has 0 aliphatic carbocycles. The van der Waals surface area contributed by atoms with Crippen LogP contribution in [0.2, 0.25) is 0 Å². The molecule has 0 fully saturated rings. The standard InChI is InChI=1S/C8H13N3/c1-7-4-8(6-10-5-7)11-3-2-9/h4-6,11H,2-3,9H2,1H3. The van der Waals surface area contributed by atoms with Gasteiger partial charge >= 0.3 is 0 Å². The maximum absolute atomic E-state index is 5.33. The second kappa shape index (κ2) is 3.93. The minimum absolute atomic E-state index is 0.647. The maximum atomic E-state index is 5.33. The second-order valence-electron chi connectivity index (χ2n) is 2.47. The summed E-state index contributed by atoms with van der Waals surface area (Å²) in [6, 6.07) is 2.04. The van der Waals surface area contributed by atoms with Gasteiger partial charge in [0.05, 0.1) is 5.69 Å². The molecule has 3 nitrogen and oxygen atoms in total. The number of nitrogens with zero attached hydrogens (tertiary/aromatic N) is 1. The third-order valence-corrected chi connectivity index (χ3v) is 1.35. The van der Waals surface area contributed by atoms with Crippen LogP contribution in [0, 0.1) is 6.92 Å². The molecule has 1 heterocycles. The second-order valence-corrected chi connectivity index (χ2v) is 2.47. The minimum atomic E-state index is 0.647. The molecular formula is C8H13N3. The molecule has 1 rings (SSSR count). The maximum Gasteiger partial charge on any atom is 0.0529 e. The first kappa shape index (κ1) is 8.01. The molecule has 0 aromatic carbocycles. The van der Waals surface area contributed by atoms with Gasteiger partial charge in [-0.1, -0.05) is 0 Å². The lowest BCUT2D eigenvalue weighted by atomic mass is 10.3. The van der Waals surface area contributed by atoms with Gasteiger partial charge in [0.15, 0.2) is 0 Å². The molecule has 0 aliphatic heterocycles. The zero-order valence-corrected chi connectivity index (χ0v) is 6.67. The van der Waals surface area contributed by atoms with Crippen molar-refractivity contribution in [1.29, 1.82) is 0 Å². The van der Waals surface area contributed by atoms with Crippen LogP contribution in [0.5, 0.6) is 0 Å². The summed E-state index contributed by atoms with van der Waals surface area (Å²) in [5.41, 5.74) is 7.53. The van der Waals surface area contributed by atoms with Gasteiger partial charge in [-0.2, -0.15) is 0 Å². The number of hydrogen-bond acceptors (Lipinski definition) is 3. The molecule has 3 heteroatoms. The number of rotatable bonds is 3. The Balaban J connectivity index is 2.56. The number of nitrogens with one attached hydrogen (secondary N) is 1. The average molecular weight is 151 g/mol. The molecule has 11 heavy (non-hydrogen) atoms. The Morgan fingerprint density at radius 2 is 2.36 bits per heavy atom. The van der Waals surface area contributed by atoms with Gasteiger partial charge in [0.2, 0.25) is 0 Å². The summed E-state index contributed by atoms with van der Waals surface area (Å²) in [5, 5.41) is 3.15. The van der Waals surface area contributed by atoms with Crippen molar-refractivity contribution >= 4 is 5.69 Å². The highest BCUT2D eigenvalue weighted by Gasteiger charge is 1.89. The first-order valence-corrected chi connectivity index (χ1v) is 3.68. The van der Waals surface area contributed by atoms with Crippen LogP contribution in [0.15, 0.2) is 18.5 Å². The van der Waals surface area contributed by atoms with Crippen molar-refractivity contribution in [2.24, 2.45) is 5.73 Å². The van der Waals surface area contributed by atoms with Gasteiger partial charge in [-0.25, -0.2) is 0 Å². The topological polar surface area (TPSA) is 50.9 Å². The van der Waals surface area contributed by atoms with Gasteiger partial charge in [0.25, 0.3) is 0 Å². The van der Waals surface area contributed by atoms with Crippen LogP contribution in [0.4, 0.5) is 5.69 Å². The first-order chi connectivity index (χ1) is 5.33. The normalized spacial score (nSPS) is 9.64. The molecule has 0 bridgehead atoms. The SMILES string of the molecule is Cc1cncc(NCCN)c1. The van der Waals surface area contributed by atoms with Gasteiger partial charge in [0.1, 0.15) is 0 Å². The van der Waals surface area contributed by atoms with E-state index >= 15 is 0 Å². The molecule has 0 unspecified atom stereocenters. The third kappa shape index (κ3) is 2.55. The molecule has 1 aromatic rings. The predicted octanol–water partition coefficient (Wildman–Crippen LogP) is 0.761. The van der Waals surface area contributed by atoms with Gasteiger partial charge in [-0.15, -0.1) is 0 Å². The summed E-state index contributed by atoms with van der Waals surface area (Å²) in [5.74, 6) is 0. The van der Waals surface area contributed by atoms with Crippen LogP contribution in [-0.2, 0) is 0 Å². The quantitative estimate of drug-likeness (QED) is 0.670. The highest BCUT2D eigenvalue weighted by Crippen LogP contribution is 2.05. The summed E-state index contributed by atoms with van der Waals surface area (Å²) >= 11 is 0. The molecule has 1 aromatic heterocycles. The minimum Gasteiger partial charge on any atom is -0.383 e. The van der Waals surface area contributed by atoms with E-state index in [1.807, 2.05) is 19.2 Å². The van der Waals surface area contributed by atoms with E-state index in [9.17, 15) is 0 Å². The largest absolute Gasteiger partial charge is 0.383 e. The molecule has 0 radical (unpaired) electrons. The lowest BCUT2D eigenvalue weighted by Crippen LogP contribution is -2.13. The molecule has 0 amide bonds. The fourth-order valence-electron chi connectivity index (χ4n) is 0.868. The number of hydrogen-bond donors (Lipinski definition) is 2. The van der Waals surface area contributed by atoms with Crippen molar-refractivity contribution < 1.29 is 0 Å². The van der Waals surface area contributed by atoms with Gasteiger partial charge in [-0.3, -0.25) is 4.98 Å². The monoisotopic (exact) mass is 151 g/mol. The fraction of sp³-hybridized carbons (Fsp3) is 0.375. The van der Waals surface area contributed by atoms with Crippen LogP contribution in [-0.4, -0.2) is 18.1 Å². The van der Waals surface area contributed by atoms with E-state index in [1.54, 1.807) is 6.20 Å². The lowest BCUT2D eigenvalue weighted by molar-refractivity contribution is 1.02. The molecule has 0 spiro atoms. The molecular weight excluding hydrogens is 138 g/mol. The molecule has 0 saturated heterocycles. The van der Waals surface area contributed by atoms with E-state index in [-0.39, 0.29) is 0 Å². The zero-order valence-electron chi connectivity index (χ0n) is 6.67. The van der Waals surface area contributed by atoms with Crippen LogP contribution >= 0.6 is 0 Å². The van der Waals surface area contributed by atoms with E-state index in [0.717, 1.165) is 17.8 Å². The smallest absolute Gasteiger partial charge is 0.0529 e. The van der Waals surface area contributed by atoms with Crippen LogP contribution in [0.25, 0.3) is 0 Å². The van der Waals surface area contributed by atoms with E-state index < -0.39 is 0 Å². The van der Waals surface area contributed by atoms with Gasteiger partial charge in [-0.05, 0) is 18.6 Å². The highest BCUT2D eigenvalue weighted by atomic mass is 14.9.